The zero-order valence-electron chi connectivity index (χ0n) is 14.0. The molecule has 22 heavy (non-hydrogen) atoms. The minimum Gasteiger partial charge on any atom is -0.469 e. The normalized spacial score (nSPS) is 12.0. The molecule has 0 aliphatic carbocycles. The lowest BCUT2D eigenvalue weighted by Gasteiger charge is -2.26. The number of hydrogen-bond donors (Lipinski definition) is 0. The molecule has 0 radical (unpaired) electrons. The third-order valence-corrected chi connectivity index (χ3v) is 3.46. The van der Waals surface area contributed by atoms with Crippen LogP contribution in [-0.2, 0) is 19.1 Å². The fourth-order valence-corrected chi connectivity index (χ4v) is 2.27. The second-order valence-electron chi connectivity index (χ2n) is 5.19. The minimum absolute atomic E-state index is 0.0906. The molecule has 1 amide bonds. The third-order valence-electron chi connectivity index (χ3n) is 3.46. The molecule has 0 spiro atoms. The van der Waals surface area contributed by atoms with E-state index in [1.54, 1.807) is 23.6 Å². The Morgan fingerprint density at radius 2 is 2.00 bits per heavy atom. The number of amides is 1. The van der Waals surface area contributed by atoms with Crippen LogP contribution in [0.5, 0.6) is 0 Å². The number of methoxy groups -OCH3 is 2. The van der Waals surface area contributed by atoms with Gasteiger partial charge in [-0.1, -0.05) is 0 Å². The fraction of sp³-hybridized carbons (Fsp3) is 0.667. The summed E-state index contributed by atoms with van der Waals surface area (Å²) in [6, 6.07) is 1.50. The molecule has 1 heterocycles. The van der Waals surface area contributed by atoms with Crippen molar-refractivity contribution in [3.63, 3.8) is 0 Å². The number of aromatic nitrogens is 2. The molecular formula is C15H25N3O4. The first-order valence-electron chi connectivity index (χ1n) is 7.28. The SMILES string of the molecule is COCCN(CCC(=O)OC)C(=O)C(C)n1nc(C)cc1C. The summed E-state index contributed by atoms with van der Waals surface area (Å²) in [6.07, 6.45) is 0.162. The van der Waals surface area contributed by atoms with Crippen LogP contribution in [0.3, 0.4) is 0 Å². The molecule has 0 aliphatic heterocycles. The second-order valence-corrected chi connectivity index (χ2v) is 5.19. The van der Waals surface area contributed by atoms with E-state index in [0.717, 1.165) is 11.4 Å². The standard InChI is InChI=1S/C15H25N3O4/c1-11-10-12(2)18(16-11)13(3)15(20)17(8-9-21-4)7-6-14(19)22-5/h10,13H,6-9H2,1-5H3. The Morgan fingerprint density at radius 1 is 1.32 bits per heavy atom. The van der Waals surface area contributed by atoms with E-state index < -0.39 is 6.04 Å². The van der Waals surface area contributed by atoms with Gasteiger partial charge in [-0.05, 0) is 26.8 Å². The molecule has 7 nitrogen and oxygen atoms in total. The molecule has 1 rings (SSSR count). The van der Waals surface area contributed by atoms with Gasteiger partial charge in [-0.2, -0.15) is 5.10 Å². The van der Waals surface area contributed by atoms with Crippen LogP contribution in [0.25, 0.3) is 0 Å². The highest BCUT2D eigenvalue weighted by molar-refractivity contribution is 5.80. The van der Waals surface area contributed by atoms with Crippen molar-refractivity contribution in [2.24, 2.45) is 0 Å². The molecular weight excluding hydrogens is 286 g/mol. The summed E-state index contributed by atoms with van der Waals surface area (Å²) < 4.78 is 11.4. The van der Waals surface area contributed by atoms with Crippen molar-refractivity contribution < 1.29 is 19.1 Å². The summed E-state index contributed by atoms with van der Waals surface area (Å²) >= 11 is 0. The number of rotatable bonds is 8. The van der Waals surface area contributed by atoms with E-state index in [-0.39, 0.29) is 18.3 Å². The van der Waals surface area contributed by atoms with Gasteiger partial charge in [-0.25, -0.2) is 0 Å². The quantitative estimate of drug-likeness (QED) is 0.672. The number of aryl methyl sites for hydroxylation is 2. The molecule has 0 N–H and O–H groups in total. The maximum absolute atomic E-state index is 12.7. The van der Waals surface area contributed by atoms with E-state index >= 15 is 0 Å². The van der Waals surface area contributed by atoms with Crippen molar-refractivity contribution in [3.05, 3.63) is 17.5 Å². The Bertz CT molecular complexity index is 513. The van der Waals surface area contributed by atoms with Gasteiger partial charge in [0.05, 0.1) is 25.8 Å². The first-order valence-corrected chi connectivity index (χ1v) is 7.28. The predicted octanol–water partition coefficient (Wildman–Crippen LogP) is 1.10. The van der Waals surface area contributed by atoms with Crippen LogP contribution in [0.4, 0.5) is 0 Å². The predicted molar refractivity (Wildman–Crippen MR) is 81.5 cm³/mol. The van der Waals surface area contributed by atoms with E-state index in [1.165, 1.54) is 7.11 Å². The van der Waals surface area contributed by atoms with Crippen molar-refractivity contribution in [1.29, 1.82) is 0 Å². The molecule has 0 bridgehead atoms. The van der Waals surface area contributed by atoms with Crippen molar-refractivity contribution >= 4 is 11.9 Å². The molecule has 0 fully saturated rings. The maximum Gasteiger partial charge on any atom is 0.307 e. The van der Waals surface area contributed by atoms with Crippen LogP contribution < -0.4 is 0 Å². The van der Waals surface area contributed by atoms with Crippen molar-refractivity contribution in [3.8, 4) is 0 Å². The summed E-state index contributed by atoms with van der Waals surface area (Å²) in [5, 5.41) is 4.35. The molecule has 0 aliphatic rings. The third kappa shape index (κ3) is 4.84. The van der Waals surface area contributed by atoms with Crippen molar-refractivity contribution in [2.45, 2.75) is 33.2 Å². The molecule has 0 aromatic carbocycles. The Hall–Kier alpha value is -1.89. The van der Waals surface area contributed by atoms with Gasteiger partial charge in [0, 0.05) is 25.9 Å². The van der Waals surface area contributed by atoms with Gasteiger partial charge >= 0.3 is 5.97 Å². The molecule has 1 atom stereocenters. The number of carbonyl (C=O) groups is 2. The van der Waals surface area contributed by atoms with E-state index in [9.17, 15) is 9.59 Å². The highest BCUT2D eigenvalue weighted by Crippen LogP contribution is 2.14. The highest BCUT2D eigenvalue weighted by atomic mass is 16.5. The largest absolute Gasteiger partial charge is 0.469 e. The zero-order valence-corrected chi connectivity index (χ0v) is 14.0. The highest BCUT2D eigenvalue weighted by Gasteiger charge is 2.24. The number of carbonyl (C=O) groups excluding carboxylic acids is 2. The van der Waals surface area contributed by atoms with E-state index in [0.29, 0.717) is 19.7 Å². The number of nitrogens with zero attached hydrogens (tertiary/aromatic N) is 3. The molecule has 0 saturated carbocycles. The monoisotopic (exact) mass is 311 g/mol. The van der Waals surface area contributed by atoms with Crippen LogP contribution in [-0.4, -0.2) is 60.5 Å². The first kappa shape index (κ1) is 18.2. The van der Waals surface area contributed by atoms with Crippen LogP contribution in [0.1, 0.15) is 30.8 Å². The van der Waals surface area contributed by atoms with E-state index in [1.807, 2.05) is 19.9 Å². The van der Waals surface area contributed by atoms with Crippen LogP contribution in [0, 0.1) is 13.8 Å². The lowest BCUT2D eigenvalue weighted by atomic mass is 10.2. The van der Waals surface area contributed by atoms with Crippen molar-refractivity contribution in [1.82, 2.24) is 14.7 Å². The summed E-state index contributed by atoms with van der Waals surface area (Å²) in [5.74, 6) is -0.430. The first-order chi connectivity index (χ1) is 10.4. The summed E-state index contributed by atoms with van der Waals surface area (Å²) in [6.45, 7) is 6.75. The molecule has 0 saturated heterocycles. The van der Waals surface area contributed by atoms with Crippen LogP contribution in [0.2, 0.25) is 0 Å². The number of ether oxygens (including phenoxy) is 2. The molecule has 1 aromatic rings. The lowest BCUT2D eigenvalue weighted by molar-refractivity contribution is -0.142. The summed E-state index contributed by atoms with van der Waals surface area (Å²) in [4.78, 5) is 25.6. The Kier molecular flexibility index (Phi) is 7.04. The molecule has 1 aromatic heterocycles. The maximum atomic E-state index is 12.7. The Balaban J connectivity index is 2.80. The number of hydrogen-bond acceptors (Lipinski definition) is 5. The van der Waals surface area contributed by atoms with Gasteiger partial charge in [0.15, 0.2) is 0 Å². The van der Waals surface area contributed by atoms with E-state index in [4.69, 9.17) is 4.74 Å². The minimum atomic E-state index is -0.428. The topological polar surface area (TPSA) is 73.7 Å². The van der Waals surface area contributed by atoms with E-state index in [2.05, 4.69) is 9.84 Å². The average molecular weight is 311 g/mol. The molecule has 124 valence electrons. The van der Waals surface area contributed by atoms with Crippen LogP contribution in [0.15, 0.2) is 6.07 Å². The van der Waals surface area contributed by atoms with Crippen LogP contribution >= 0.6 is 0 Å². The van der Waals surface area contributed by atoms with Gasteiger partial charge in [0.25, 0.3) is 0 Å². The lowest BCUT2D eigenvalue weighted by Crippen LogP contribution is -2.40. The van der Waals surface area contributed by atoms with Gasteiger partial charge in [0.1, 0.15) is 6.04 Å². The average Bonchev–Trinajstić information content (AvgIpc) is 2.84. The molecule has 7 heteroatoms. The molecule has 1 unspecified atom stereocenters. The Labute approximate surface area is 131 Å². The summed E-state index contributed by atoms with van der Waals surface area (Å²) in [7, 11) is 2.91. The van der Waals surface area contributed by atoms with Gasteiger partial charge in [0.2, 0.25) is 5.91 Å². The van der Waals surface area contributed by atoms with Gasteiger partial charge in [-0.3, -0.25) is 14.3 Å². The van der Waals surface area contributed by atoms with Gasteiger partial charge in [-0.15, -0.1) is 0 Å². The fourth-order valence-electron chi connectivity index (χ4n) is 2.27. The smallest absolute Gasteiger partial charge is 0.307 e. The Morgan fingerprint density at radius 3 is 2.50 bits per heavy atom. The zero-order chi connectivity index (χ0) is 16.7. The van der Waals surface area contributed by atoms with Crippen molar-refractivity contribution in [2.75, 3.05) is 33.9 Å². The number of esters is 1. The second kappa shape index (κ2) is 8.53. The summed E-state index contributed by atoms with van der Waals surface area (Å²) in [5.41, 5.74) is 1.80. The van der Waals surface area contributed by atoms with Gasteiger partial charge < -0.3 is 14.4 Å².